The van der Waals surface area contributed by atoms with Crippen molar-refractivity contribution in [1.82, 2.24) is 0 Å². The van der Waals surface area contributed by atoms with E-state index in [4.69, 9.17) is 15.5 Å². The molecule has 0 aromatic heterocycles. The Morgan fingerprint density at radius 2 is 2.15 bits per heavy atom. The van der Waals surface area contributed by atoms with Crippen LogP contribution < -0.4 is 5.73 Å². The molecule has 1 rings (SSSR count). The summed E-state index contributed by atoms with van der Waals surface area (Å²) in [6.45, 7) is 0.283. The maximum Gasteiger partial charge on any atom is 0.298 e. The SMILES string of the molecule is NCO[B]Cc1cccc(CO)c1. The van der Waals surface area contributed by atoms with E-state index in [-0.39, 0.29) is 13.3 Å². The monoisotopic (exact) mass is 178 g/mol. The van der Waals surface area contributed by atoms with Crippen molar-refractivity contribution in [2.24, 2.45) is 5.73 Å². The van der Waals surface area contributed by atoms with E-state index in [1.165, 1.54) is 0 Å². The average molecular weight is 178 g/mol. The van der Waals surface area contributed by atoms with Gasteiger partial charge in [0.15, 0.2) is 0 Å². The molecule has 0 spiro atoms. The van der Waals surface area contributed by atoms with E-state index >= 15 is 0 Å². The molecule has 69 valence electrons. The first kappa shape index (κ1) is 10.2. The molecule has 0 saturated carbocycles. The maximum absolute atomic E-state index is 8.87. The van der Waals surface area contributed by atoms with E-state index in [1.807, 2.05) is 24.3 Å². The predicted octanol–water partition coefficient (Wildman–Crippen LogP) is 0.231. The lowest BCUT2D eigenvalue weighted by atomic mass is 9.89. The summed E-state index contributed by atoms with van der Waals surface area (Å²) in [6, 6.07) is 7.72. The fraction of sp³-hybridized carbons (Fsp3) is 0.333. The summed E-state index contributed by atoms with van der Waals surface area (Å²) in [5, 5.41) is 8.87. The number of hydrogen-bond donors (Lipinski definition) is 2. The Balaban J connectivity index is 2.46. The van der Waals surface area contributed by atoms with Gasteiger partial charge < -0.3 is 15.5 Å². The number of hydrogen-bond acceptors (Lipinski definition) is 3. The lowest BCUT2D eigenvalue weighted by Crippen LogP contribution is -2.10. The Hall–Kier alpha value is -0.835. The molecule has 0 saturated heterocycles. The molecular weight excluding hydrogens is 165 g/mol. The van der Waals surface area contributed by atoms with Gasteiger partial charge in [-0.1, -0.05) is 29.8 Å². The zero-order chi connectivity index (χ0) is 9.52. The number of aliphatic hydroxyl groups excluding tert-OH is 1. The summed E-state index contributed by atoms with van der Waals surface area (Å²) in [4.78, 5) is 0. The Labute approximate surface area is 78.8 Å². The zero-order valence-corrected chi connectivity index (χ0v) is 7.44. The maximum atomic E-state index is 8.87. The Morgan fingerprint density at radius 3 is 2.85 bits per heavy atom. The molecule has 0 unspecified atom stereocenters. The molecule has 0 atom stereocenters. The highest BCUT2D eigenvalue weighted by Crippen LogP contribution is 2.05. The minimum Gasteiger partial charge on any atom is -0.428 e. The Kier molecular flexibility index (Phi) is 4.53. The van der Waals surface area contributed by atoms with Crippen LogP contribution in [-0.2, 0) is 17.6 Å². The highest BCUT2D eigenvalue weighted by molar-refractivity contribution is 6.26. The fourth-order valence-corrected chi connectivity index (χ4v) is 1.08. The van der Waals surface area contributed by atoms with E-state index in [0.29, 0.717) is 6.32 Å². The van der Waals surface area contributed by atoms with Crippen LogP contribution in [0.25, 0.3) is 0 Å². The molecule has 0 amide bonds. The van der Waals surface area contributed by atoms with Crippen molar-refractivity contribution in [3.63, 3.8) is 0 Å². The van der Waals surface area contributed by atoms with Crippen LogP contribution in [0.3, 0.4) is 0 Å². The molecule has 0 aliphatic rings. The highest BCUT2D eigenvalue weighted by Gasteiger charge is 1.96. The van der Waals surface area contributed by atoms with E-state index in [2.05, 4.69) is 0 Å². The summed E-state index contributed by atoms with van der Waals surface area (Å²) < 4.78 is 4.90. The lowest BCUT2D eigenvalue weighted by Gasteiger charge is -2.01. The second-order valence-corrected chi connectivity index (χ2v) is 2.68. The standard InChI is InChI=1S/C9H13BNO2/c11-7-13-10-5-8-2-1-3-9(4-8)6-12/h1-4,12H,5-7,11H2. The van der Waals surface area contributed by atoms with Crippen LogP contribution in [-0.4, -0.2) is 19.3 Å². The van der Waals surface area contributed by atoms with Gasteiger partial charge in [0.1, 0.15) is 0 Å². The smallest absolute Gasteiger partial charge is 0.298 e. The van der Waals surface area contributed by atoms with Crippen molar-refractivity contribution in [3.8, 4) is 0 Å². The molecule has 3 N–H and O–H groups in total. The Bertz CT molecular complexity index is 255. The molecule has 0 fully saturated rings. The van der Waals surface area contributed by atoms with Crippen LogP contribution in [0.15, 0.2) is 24.3 Å². The molecule has 3 nitrogen and oxygen atoms in total. The quantitative estimate of drug-likeness (QED) is 0.385. The second kappa shape index (κ2) is 5.75. The third-order valence-electron chi connectivity index (χ3n) is 1.71. The summed E-state index contributed by atoms with van der Waals surface area (Å²) in [5.41, 5.74) is 7.18. The molecule has 1 aromatic carbocycles. The van der Waals surface area contributed by atoms with Gasteiger partial charge in [-0.25, -0.2) is 0 Å². The van der Waals surface area contributed by atoms with Crippen molar-refractivity contribution < 1.29 is 9.76 Å². The molecule has 1 aromatic rings. The first-order valence-corrected chi connectivity index (χ1v) is 4.19. The number of aliphatic hydroxyl groups is 1. The third-order valence-corrected chi connectivity index (χ3v) is 1.71. The molecule has 13 heavy (non-hydrogen) atoms. The first-order valence-electron chi connectivity index (χ1n) is 4.19. The molecule has 1 radical (unpaired) electrons. The van der Waals surface area contributed by atoms with Crippen molar-refractivity contribution in [2.75, 3.05) is 6.73 Å². The van der Waals surface area contributed by atoms with Gasteiger partial charge >= 0.3 is 0 Å². The van der Waals surface area contributed by atoms with E-state index in [9.17, 15) is 0 Å². The van der Waals surface area contributed by atoms with Gasteiger partial charge in [0.05, 0.1) is 13.3 Å². The average Bonchev–Trinajstić information content (AvgIpc) is 2.19. The van der Waals surface area contributed by atoms with Crippen LogP contribution in [0.4, 0.5) is 0 Å². The van der Waals surface area contributed by atoms with Gasteiger partial charge in [-0.3, -0.25) is 0 Å². The number of rotatable bonds is 5. The van der Waals surface area contributed by atoms with E-state index in [0.717, 1.165) is 11.1 Å². The second-order valence-electron chi connectivity index (χ2n) is 2.68. The van der Waals surface area contributed by atoms with Crippen molar-refractivity contribution in [2.45, 2.75) is 12.9 Å². The van der Waals surface area contributed by atoms with Gasteiger partial charge in [-0.15, -0.1) is 0 Å². The fourth-order valence-electron chi connectivity index (χ4n) is 1.08. The van der Waals surface area contributed by atoms with Crippen LogP contribution >= 0.6 is 0 Å². The molecule has 0 aliphatic heterocycles. The topological polar surface area (TPSA) is 55.5 Å². The summed E-state index contributed by atoms with van der Waals surface area (Å²) >= 11 is 0. The minimum absolute atomic E-state index is 0.0750. The van der Waals surface area contributed by atoms with Gasteiger partial charge in [-0.05, 0) is 11.9 Å². The summed E-state index contributed by atoms with van der Waals surface area (Å²) in [7, 11) is 1.66. The highest BCUT2D eigenvalue weighted by atomic mass is 16.4. The van der Waals surface area contributed by atoms with Gasteiger partial charge in [-0.2, -0.15) is 0 Å². The predicted molar refractivity (Wildman–Crippen MR) is 52.0 cm³/mol. The lowest BCUT2D eigenvalue weighted by molar-refractivity contribution is 0.281. The van der Waals surface area contributed by atoms with Crippen molar-refractivity contribution in [3.05, 3.63) is 35.4 Å². The zero-order valence-electron chi connectivity index (χ0n) is 7.44. The Morgan fingerprint density at radius 1 is 1.38 bits per heavy atom. The molecule has 0 bridgehead atoms. The summed E-state index contributed by atoms with van der Waals surface area (Å²) in [5.74, 6) is 0. The molecule has 0 heterocycles. The number of benzene rings is 1. The van der Waals surface area contributed by atoms with Crippen molar-refractivity contribution in [1.29, 1.82) is 0 Å². The van der Waals surface area contributed by atoms with Crippen LogP contribution in [0.5, 0.6) is 0 Å². The van der Waals surface area contributed by atoms with Crippen molar-refractivity contribution >= 4 is 7.48 Å². The molecular formula is C9H13BNO2. The van der Waals surface area contributed by atoms with Crippen LogP contribution in [0.2, 0.25) is 0 Å². The minimum atomic E-state index is 0.0750. The molecule has 4 heteroatoms. The van der Waals surface area contributed by atoms with E-state index < -0.39 is 0 Å². The first-order chi connectivity index (χ1) is 6.36. The van der Waals surface area contributed by atoms with Gasteiger partial charge in [0, 0.05) is 0 Å². The van der Waals surface area contributed by atoms with Crippen LogP contribution in [0.1, 0.15) is 11.1 Å². The van der Waals surface area contributed by atoms with Crippen LogP contribution in [0, 0.1) is 0 Å². The van der Waals surface area contributed by atoms with E-state index in [1.54, 1.807) is 7.48 Å². The van der Waals surface area contributed by atoms with Gasteiger partial charge in [0.25, 0.3) is 7.48 Å². The summed E-state index contributed by atoms with van der Waals surface area (Å²) in [6.07, 6.45) is 0.713. The number of nitrogens with two attached hydrogens (primary N) is 1. The third kappa shape index (κ3) is 3.59. The molecule has 0 aliphatic carbocycles. The largest absolute Gasteiger partial charge is 0.428 e. The van der Waals surface area contributed by atoms with Gasteiger partial charge in [0.2, 0.25) is 0 Å². The normalized spacial score (nSPS) is 10.0.